The molecule has 0 heterocycles. The van der Waals surface area contributed by atoms with Gasteiger partial charge in [-0.25, -0.2) is 0 Å². The molecule has 2 rings (SSSR count). The fourth-order valence-corrected chi connectivity index (χ4v) is 2.01. The summed E-state index contributed by atoms with van der Waals surface area (Å²) in [6.45, 7) is 3.15. The highest BCUT2D eigenvalue weighted by molar-refractivity contribution is 5.95. The summed E-state index contributed by atoms with van der Waals surface area (Å²) in [6.07, 6.45) is 0. The smallest absolute Gasteiger partial charge is 0.159 e. The molecule has 0 bridgehead atoms. The second-order valence-electron chi connectivity index (χ2n) is 5.31. The third-order valence-corrected chi connectivity index (χ3v) is 3.26. The first kappa shape index (κ1) is 15.3. The molecular formula is C18H21NO2. The Balaban J connectivity index is 2.08. The van der Waals surface area contributed by atoms with E-state index in [9.17, 15) is 4.79 Å². The lowest BCUT2D eigenvalue weighted by Crippen LogP contribution is -2.19. The molecular weight excluding hydrogens is 262 g/mol. The van der Waals surface area contributed by atoms with E-state index < -0.39 is 0 Å². The lowest BCUT2D eigenvalue weighted by molar-refractivity contribution is 0.101. The molecule has 0 atom stereocenters. The highest BCUT2D eigenvalue weighted by Gasteiger charge is 2.03. The SMILES string of the molecule is CC(=O)c1cccc(-c2ccc(OCCN(C)C)cc2)c1. The topological polar surface area (TPSA) is 29.5 Å². The van der Waals surface area contributed by atoms with Crippen molar-refractivity contribution in [2.75, 3.05) is 27.2 Å². The lowest BCUT2D eigenvalue weighted by Gasteiger charge is -2.11. The molecule has 0 amide bonds. The van der Waals surface area contributed by atoms with Gasteiger partial charge >= 0.3 is 0 Å². The highest BCUT2D eigenvalue weighted by Crippen LogP contribution is 2.23. The summed E-state index contributed by atoms with van der Waals surface area (Å²) in [5, 5.41) is 0. The van der Waals surface area contributed by atoms with E-state index in [1.807, 2.05) is 62.6 Å². The van der Waals surface area contributed by atoms with E-state index in [2.05, 4.69) is 4.90 Å². The number of hydrogen-bond donors (Lipinski definition) is 0. The Morgan fingerprint density at radius 1 is 1.05 bits per heavy atom. The fourth-order valence-electron chi connectivity index (χ4n) is 2.01. The van der Waals surface area contributed by atoms with Crippen molar-refractivity contribution in [2.45, 2.75) is 6.92 Å². The molecule has 0 unspecified atom stereocenters. The zero-order valence-electron chi connectivity index (χ0n) is 12.8. The molecule has 0 saturated carbocycles. The van der Waals surface area contributed by atoms with Crippen molar-refractivity contribution in [2.24, 2.45) is 0 Å². The minimum absolute atomic E-state index is 0.0838. The standard InChI is InChI=1S/C18H21NO2/c1-14(20)16-5-4-6-17(13-16)15-7-9-18(10-8-15)21-12-11-19(2)3/h4-10,13H,11-12H2,1-3H3. The summed E-state index contributed by atoms with van der Waals surface area (Å²) in [6, 6.07) is 15.6. The largest absolute Gasteiger partial charge is 0.492 e. The molecule has 110 valence electrons. The van der Waals surface area contributed by atoms with Gasteiger partial charge in [0.15, 0.2) is 5.78 Å². The minimum atomic E-state index is 0.0838. The van der Waals surface area contributed by atoms with Gasteiger partial charge in [-0.05, 0) is 50.3 Å². The van der Waals surface area contributed by atoms with Crippen LogP contribution >= 0.6 is 0 Å². The Kier molecular flexibility index (Phi) is 5.12. The zero-order chi connectivity index (χ0) is 15.2. The number of Topliss-reactive ketones (excluding diaryl/α,β-unsaturated/α-hetero) is 1. The quantitative estimate of drug-likeness (QED) is 0.760. The van der Waals surface area contributed by atoms with Crippen LogP contribution in [0.1, 0.15) is 17.3 Å². The molecule has 0 spiro atoms. The molecule has 0 fully saturated rings. The van der Waals surface area contributed by atoms with E-state index in [-0.39, 0.29) is 5.78 Å². The summed E-state index contributed by atoms with van der Waals surface area (Å²) in [4.78, 5) is 13.5. The number of carbonyl (C=O) groups excluding carboxylic acids is 1. The second-order valence-corrected chi connectivity index (χ2v) is 5.31. The van der Waals surface area contributed by atoms with Gasteiger partial charge < -0.3 is 9.64 Å². The molecule has 3 nitrogen and oxygen atoms in total. The van der Waals surface area contributed by atoms with Crippen molar-refractivity contribution < 1.29 is 9.53 Å². The first-order valence-corrected chi connectivity index (χ1v) is 7.05. The summed E-state index contributed by atoms with van der Waals surface area (Å²) in [7, 11) is 4.04. The fraction of sp³-hybridized carbons (Fsp3) is 0.278. The monoisotopic (exact) mass is 283 g/mol. The maximum atomic E-state index is 11.4. The van der Waals surface area contributed by atoms with Crippen molar-refractivity contribution >= 4 is 5.78 Å². The third-order valence-electron chi connectivity index (χ3n) is 3.26. The van der Waals surface area contributed by atoms with E-state index in [1.165, 1.54) is 0 Å². The first-order valence-electron chi connectivity index (χ1n) is 7.05. The van der Waals surface area contributed by atoms with Crippen molar-refractivity contribution in [1.29, 1.82) is 0 Å². The van der Waals surface area contributed by atoms with Crippen molar-refractivity contribution in [3.05, 3.63) is 54.1 Å². The predicted molar refractivity (Wildman–Crippen MR) is 85.9 cm³/mol. The zero-order valence-corrected chi connectivity index (χ0v) is 12.8. The predicted octanol–water partition coefficient (Wildman–Crippen LogP) is 3.50. The molecule has 0 aromatic heterocycles. The van der Waals surface area contributed by atoms with Crippen LogP contribution < -0.4 is 4.74 Å². The number of carbonyl (C=O) groups is 1. The van der Waals surface area contributed by atoms with Gasteiger partial charge in [-0.2, -0.15) is 0 Å². The van der Waals surface area contributed by atoms with E-state index in [0.717, 1.165) is 29.0 Å². The van der Waals surface area contributed by atoms with E-state index >= 15 is 0 Å². The maximum Gasteiger partial charge on any atom is 0.159 e. The summed E-state index contributed by atoms with van der Waals surface area (Å²) >= 11 is 0. The summed E-state index contributed by atoms with van der Waals surface area (Å²) in [5.41, 5.74) is 2.86. The number of ether oxygens (including phenoxy) is 1. The Bertz CT molecular complexity index is 603. The summed E-state index contributed by atoms with van der Waals surface area (Å²) < 4.78 is 5.67. The average molecular weight is 283 g/mol. The number of likely N-dealkylation sites (N-methyl/N-ethyl adjacent to an activating group) is 1. The van der Waals surface area contributed by atoms with E-state index in [1.54, 1.807) is 6.92 Å². The molecule has 0 N–H and O–H groups in total. The van der Waals surface area contributed by atoms with Gasteiger partial charge in [0.25, 0.3) is 0 Å². The van der Waals surface area contributed by atoms with Gasteiger partial charge in [0.1, 0.15) is 12.4 Å². The van der Waals surface area contributed by atoms with Gasteiger partial charge in [-0.15, -0.1) is 0 Å². The van der Waals surface area contributed by atoms with Crippen LogP contribution in [0.25, 0.3) is 11.1 Å². The Labute approximate surface area is 126 Å². The highest BCUT2D eigenvalue weighted by atomic mass is 16.5. The van der Waals surface area contributed by atoms with Gasteiger partial charge in [0.05, 0.1) is 0 Å². The van der Waals surface area contributed by atoms with Crippen LogP contribution in [0.4, 0.5) is 0 Å². The average Bonchev–Trinajstić information content (AvgIpc) is 2.48. The van der Waals surface area contributed by atoms with Crippen LogP contribution in [0.15, 0.2) is 48.5 Å². The molecule has 0 aliphatic rings. The van der Waals surface area contributed by atoms with Crippen LogP contribution in [-0.2, 0) is 0 Å². The van der Waals surface area contributed by atoms with Gasteiger partial charge in [-0.1, -0.05) is 30.3 Å². The number of hydrogen-bond acceptors (Lipinski definition) is 3. The van der Waals surface area contributed by atoms with Crippen LogP contribution in [0, 0.1) is 0 Å². The van der Waals surface area contributed by atoms with Gasteiger partial charge in [0.2, 0.25) is 0 Å². The molecule has 21 heavy (non-hydrogen) atoms. The molecule has 2 aromatic rings. The summed E-state index contributed by atoms with van der Waals surface area (Å²) in [5.74, 6) is 0.948. The Morgan fingerprint density at radius 2 is 1.76 bits per heavy atom. The molecule has 2 aromatic carbocycles. The van der Waals surface area contributed by atoms with Crippen LogP contribution in [0.5, 0.6) is 5.75 Å². The van der Waals surface area contributed by atoms with Gasteiger partial charge in [-0.3, -0.25) is 4.79 Å². The van der Waals surface area contributed by atoms with Crippen LogP contribution in [0.3, 0.4) is 0 Å². The Hall–Kier alpha value is -2.13. The van der Waals surface area contributed by atoms with E-state index in [0.29, 0.717) is 6.61 Å². The maximum absolute atomic E-state index is 11.4. The van der Waals surface area contributed by atoms with E-state index in [4.69, 9.17) is 4.74 Å². The lowest BCUT2D eigenvalue weighted by atomic mass is 10.0. The molecule has 0 aliphatic carbocycles. The van der Waals surface area contributed by atoms with Crippen molar-refractivity contribution in [3.8, 4) is 16.9 Å². The number of ketones is 1. The number of benzene rings is 2. The molecule has 0 saturated heterocycles. The minimum Gasteiger partial charge on any atom is -0.492 e. The Morgan fingerprint density at radius 3 is 2.38 bits per heavy atom. The number of nitrogens with zero attached hydrogens (tertiary/aromatic N) is 1. The third kappa shape index (κ3) is 4.43. The number of rotatable bonds is 6. The van der Waals surface area contributed by atoms with Crippen LogP contribution in [-0.4, -0.2) is 37.9 Å². The van der Waals surface area contributed by atoms with Crippen LogP contribution in [0.2, 0.25) is 0 Å². The normalized spacial score (nSPS) is 10.7. The molecule has 3 heteroatoms. The van der Waals surface area contributed by atoms with Crippen molar-refractivity contribution in [1.82, 2.24) is 4.90 Å². The molecule has 0 radical (unpaired) electrons. The second kappa shape index (κ2) is 7.04. The molecule has 0 aliphatic heterocycles. The van der Waals surface area contributed by atoms with Crippen molar-refractivity contribution in [3.63, 3.8) is 0 Å². The first-order chi connectivity index (χ1) is 10.1. The van der Waals surface area contributed by atoms with Gasteiger partial charge in [0, 0.05) is 12.1 Å².